The van der Waals surface area contributed by atoms with Crippen molar-refractivity contribution in [3.8, 4) is 0 Å². The third-order valence-electron chi connectivity index (χ3n) is 0.471. The molecule has 0 aromatic rings. The van der Waals surface area contributed by atoms with Gasteiger partial charge in [-0.15, -0.1) is 0 Å². The standard InChI is InChI=1S/C5H10.GeH4/c1-3-5-4-2;/h3,5H,4H2,1-2H3;1H4. The predicted molar refractivity (Wildman–Crippen MR) is 36.4 cm³/mol. The molecule has 0 aromatic carbocycles. The van der Waals surface area contributed by atoms with Crippen molar-refractivity contribution >= 4 is 17.6 Å². The Morgan fingerprint density at radius 2 is 2.00 bits per heavy atom. The molecule has 0 aromatic heterocycles. The van der Waals surface area contributed by atoms with Crippen LogP contribution < -0.4 is 0 Å². The molecule has 38 valence electrons. The van der Waals surface area contributed by atoms with Crippen molar-refractivity contribution in [3.05, 3.63) is 12.2 Å². The molecule has 0 nitrogen and oxygen atoms in total. The Balaban J connectivity index is 0. The maximum absolute atomic E-state index is 2.12. The summed E-state index contributed by atoms with van der Waals surface area (Å²) in [5.74, 6) is 0. The second-order valence-corrected chi connectivity index (χ2v) is 0.977. The second-order valence-electron chi connectivity index (χ2n) is 0.977. The average molecular weight is 147 g/mol. The van der Waals surface area contributed by atoms with Gasteiger partial charge in [-0.25, -0.2) is 0 Å². The molecule has 0 aliphatic rings. The van der Waals surface area contributed by atoms with E-state index in [0.717, 1.165) is 6.42 Å². The summed E-state index contributed by atoms with van der Waals surface area (Å²) in [6, 6.07) is 0. The van der Waals surface area contributed by atoms with Gasteiger partial charge in [-0.05, 0) is 13.3 Å². The first-order valence-corrected chi connectivity index (χ1v) is 2.03. The van der Waals surface area contributed by atoms with Crippen LogP contribution in [0.15, 0.2) is 12.2 Å². The molecule has 0 unspecified atom stereocenters. The van der Waals surface area contributed by atoms with Gasteiger partial charge in [-0.2, -0.15) is 0 Å². The first-order valence-electron chi connectivity index (χ1n) is 2.03. The minimum atomic E-state index is 0. The zero-order chi connectivity index (χ0) is 4.12. The van der Waals surface area contributed by atoms with Gasteiger partial charge in [0.25, 0.3) is 0 Å². The third-order valence-corrected chi connectivity index (χ3v) is 0.471. The molecule has 0 aliphatic heterocycles. The van der Waals surface area contributed by atoms with Crippen LogP contribution in [0.5, 0.6) is 0 Å². The van der Waals surface area contributed by atoms with E-state index < -0.39 is 0 Å². The zero-order valence-corrected chi connectivity index (χ0v) is 3.86. The van der Waals surface area contributed by atoms with Crippen LogP contribution in [0.1, 0.15) is 20.3 Å². The summed E-state index contributed by atoms with van der Waals surface area (Å²) >= 11 is 0. The van der Waals surface area contributed by atoms with Crippen molar-refractivity contribution in [1.82, 2.24) is 0 Å². The summed E-state index contributed by atoms with van der Waals surface area (Å²) < 4.78 is 0. The molecule has 0 radical (unpaired) electrons. The first kappa shape index (κ1) is 9.56. The van der Waals surface area contributed by atoms with Crippen LogP contribution in [0.3, 0.4) is 0 Å². The van der Waals surface area contributed by atoms with Gasteiger partial charge in [0, 0.05) is 0 Å². The van der Waals surface area contributed by atoms with E-state index in [1.807, 2.05) is 6.92 Å². The minimum absolute atomic E-state index is 0. The Morgan fingerprint density at radius 3 is 2.00 bits per heavy atom. The Hall–Kier alpha value is 0.283. The van der Waals surface area contributed by atoms with E-state index in [4.69, 9.17) is 0 Å². The van der Waals surface area contributed by atoms with Crippen molar-refractivity contribution < 1.29 is 0 Å². The topological polar surface area (TPSA) is 0 Å². The van der Waals surface area contributed by atoms with Crippen LogP contribution in [0.2, 0.25) is 0 Å². The fourth-order valence-corrected chi connectivity index (χ4v) is 0.236. The van der Waals surface area contributed by atoms with Crippen LogP contribution >= 0.6 is 0 Å². The van der Waals surface area contributed by atoms with E-state index in [1.54, 1.807) is 0 Å². The summed E-state index contributed by atoms with van der Waals surface area (Å²) in [7, 11) is 0. The molecule has 0 rings (SSSR count). The average Bonchev–Trinajstić information content (AvgIpc) is 1.41. The Kier molecular flexibility index (Phi) is 14.3. The third kappa shape index (κ3) is 8.86. The Labute approximate surface area is 50.6 Å². The number of rotatable bonds is 1. The number of hydrogen-bond donors (Lipinski definition) is 0. The molecule has 6 heavy (non-hydrogen) atoms. The van der Waals surface area contributed by atoms with Crippen LogP contribution in [0.25, 0.3) is 0 Å². The van der Waals surface area contributed by atoms with E-state index in [9.17, 15) is 0 Å². The molecule has 0 heterocycles. The van der Waals surface area contributed by atoms with Crippen molar-refractivity contribution in [1.29, 1.82) is 0 Å². The van der Waals surface area contributed by atoms with E-state index >= 15 is 0 Å². The monoisotopic (exact) mass is 148 g/mol. The molecule has 0 fully saturated rings. The van der Waals surface area contributed by atoms with Crippen LogP contribution in [0.4, 0.5) is 0 Å². The predicted octanol–water partition coefficient (Wildman–Crippen LogP) is 0.521. The summed E-state index contributed by atoms with van der Waals surface area (Å²) in [5.41, 5.74) is 0. The summed E-state index contributed by atoms with van der Waals surface area (Å²) in [4.78, 5) is 0. The van der Waals surface area contributed by atoms with Gasteiger partial charge in [0.1, 0.15) is 0 Å². The van der Waals surface area contributed by atoms with Crippen molar-refractivity contribution in [2.45, 2.75) is 20.3 Å². The van der Waals surface area contributed by atoms with Crippen molar-refractivity contribution in [3.63, 3.8) is 0 Å². The number of allylic oxidation sites excluding steroid dienone is 2. The maximum atomic E-state index is 2.12. The van der Waals surface area contributed by atoms with Crippen molar-refractivity contribution in [2.75, 3.05) is 0 Å². The summed E-state index contributed by atoms with van der Waals surface area (Å²) in [6.07, 6.45) is 5.34. The molecular weight excluding hydrogens is 133 g/mol. The van der Waals surface area contributed by atoms with E-state index in [-0.39, 0.29) is 17.6 Å². The fraction of sp³-hybridized carbons (Fsp3) is 0.600. The van der Waals surface area contributed by atoms with E-state index in [1.165, 1.54) is 0 Å². The normalized spacial score (nSPS) is 8.33. The Morgan fingerprint density at radius 1 is 1.50 bits per heavy atom. The molecule has 0 bridgehead atoms. The summed E-state index contributed by atoms with van der Waals surface area (Å²) in [5, 5.41) is 0. The second kappa shape index (κ2) is 8.99. The fourth-order valence-electron chi connectivity index (χ4n) is 0.236. The molecule has 0 spiro atoms. The molecular formula is C5H14Ge. The SMILES string of the molecule is CC=CCC.[GeH4]. The Bertz CT molecular complexity index is 30.9. The molecule has 0 N–H and O–H groups in total. The van der Waals surface area contributed by atoms with Gasteiger partial charge in [0.05, 0.1) is 0 Å². The molecule has 0 saturated heterocycles. The van der Waals surface area contributed by atoms with E-state index in [2.05, 4.69) is 19.1 Å². The van der Waals surface area contributed by atoms with Gasteiger partial charge in [0.15, 0.2) is 0 Å². The molecule has 0 amide bonds. The zero-order valence-electron chi connectivity index (χ0n) is 3.86. The summed E-state index contributed by atoms with van der Waals surface area (Å²) in [6.45, 7) is 4.16. The van der Waals surface area contributed by atoms with Gasteiger partial charge < -0.3 is 0 Å². The number of hydrogen-bond acceptors (Lipinski definition) is 0. The quantitative estimate of drug-likeness (QED) is 0.374. The molecule has 0 aliphatic carbocycles. The molecule has 0 atom stereocenters. The van der Waals surface area contributed by atoms with E-state index in [0.29, 0.717) is 0 Å². The van der Waals surface area contributed by atoms with Crippen molar-refractivity contribution in [2.24, 2.45) is 0 Å². The first-order chi connectivity index (χ1) is 2.41. The van der Waals surface area contributed by atoms with Crippen LogP contribution in [-0.4, -0.2) is 17.6 Å². The molecule has 1 heteroatoms. The molecule has 0 saturated carbocycles. The van der Waals surface area contributed by atoms with Gasteiger partial charge in [0.2, 0.25) is 0 Å². The van der Waals surface area contributed by atoms with Gasteiger partial charge >= 0.3 is 17.6 Å². The van der Waals surface area contributed by atoms with Gasteiger partial charge in [-0.1, -0.05) is 19.1 Å². The van der Waals surface area contributed by atoms with Crippen LogP contribution in [0, 0.1) is 0 Å². The van der Waals surface area contributed by atoms with Gasteiger partial charge in [-0.3, -0.25) is 0 Å². The van der Waals surface area contributed by atoms with Crippen LogP contribution in [-0.2, 0) is 0 Å².